The molecule has 0 unspecified atom stereocenters. The average Bonchev–Trinajstić information content (AvgIpc) is 2.47. The predicted octanol–water partition coefficient (Wildman–Crippen LogP) is 5.86. The van der Waals surface area contributed by atoms with E-state index in [1.807, 2.05) is 11.8 Å². The van der Waals surface area contributed by atoms with Gasteiger partial charge < -0.3 is 4.90 Å². The highest BCUT2D eigenvalue weighted by Gasteiger charge is 2.35. The van der Waals surface area contributed by atoms with E-state index in [0.29, 0.717) is 35.6 Å². The van der Waals surface area contributed by atoms with Crippen LogP contribution in [0.3, 0.4) is 0 Å². The first-order valence-electron chi connectivity index (χ1n) is 7.38. The van der Waals surface area contributed by atoms with Crippen LogP contribution in [-0.2, 0) is 11.5 Å². The van der Waals surface area contributed by atoms with Crippen molar-refractivity contribution in [3.63, 3.8) is 0 Å². The number of hydrogen-bond acceptors (Lipinski definition) is 1. The van der Waals surface area contributed by atoms with Gasteiger partial charge in [0.05, 0.1) is 5.56 Å². The van der Waals surface area contributed by atoms with E-state index in [0.717, 1.165) is 12.8 Å². The number of alkyl halides is 4. The Balaban J connectivity index is 3.19. The van der Waals surface area contributed by atoms with Gasteiger partial charge in [0, 0.05) is 24.1 Å². The first kappa shape index (κ1) is 18.3. The van der Waals surface area contributed by atoms with Crippen LogP contribution in [0.15, 0.2) is 18.2 Å². The van der Waals surface area contributed by atoms with Crippen LogP contribution in [0.2, 0.25) is 0 Å². The van der Waals surface area contributed by atoms with Crippen molar-refractivity contribution in [1.29, 1.82) is 0 Å². The topological polar surface area (TPSA) is 3.24 Å². The molecule has 1 aromatic carbocycles. The van der Waals surface area contributed by atoms with Gasteiger partial charge in [-0.2, -0.15) is 13.2 Å². The molecule has 0 fully saturated rings. The third-order valence-electron chi connectivity index (χ3n) is 3.88. The lowest BCUT2D eigenvalue weighted by atomic mass is 10.0. The van der Waals surface area contributed by atoms with Crippen molar-refractivity contribution >= 4 is 21.6 Å². The molecule has 1 nitrogen and oxygen atoms in total. The Hall–Kier alpha value is -0.710. The molecule has 0 bridgehead atoms. The second kappa shape index (κ2) is 8.06. The van der Waals surface area contributed by atoms with Crippen molar-refractivity contribution in [2.45, 2.75) is 45.1 Å². The standard InChI is InChI=1S/C16H23BrF3N/c1-4-12(5-2)11-21(6-3)15-8-7-13(10-17)9-14(15)16(18,19)20/h7-9,12H,4-6,10-11H2,1-3H3. The fourth-order valence-corrected chi connectivity index (χ4v) is 2.77. The van der Waals surface area contributed by atoms with Gasteiger partial charge >= 0.3 is 6.18 Å². The van der Waals surface area contributed by atoms with Crippen molar-refractivity contribution in [2.24, 2.45) is 5.92 Å². The summed E-state index contributed by atoms with van der Waals surface area (Å²) in [5.74, 6) is 0.418. The Bertz CT molecular complexity index is 442. The Morgan fingerprint density at radius 1 is 1.14 bits per heavy atom. The summed E-state index contributed by atoms with van der Waals surface area (Å²) in [6, 6.07) is 4.61. The van der Waals surface area contributed by atoms with Crippen molar-refractivity contribution in [3.05, 3.63) is 29.3 Å². The lowest BCUT2D eigenvalue weighted by Crippen LogP contribution is -2.31. The first-order valence-corrected chi connectivity index (χ1v) is 8.50. The smallest absolute Gasteiger partial charge is 0.371 e. The Morgan fingerprint density at radius 2 is 1.76 bits per heavy atom. The molecule has 0 N–H and O–H groups in total. The minimum Gasteiger partial charge on any atom is -0.371 e. The van der Waals surface area contributed by atoms with E-state index in [2.05, 4.69) is 29.8 Å². The number of halogens is 4. The molecule has 0 aromatic heterocycles. The van der Waals surface area contributed by atoms with E-state index in [9.17, 15) is 13.2 Å². The lowest BCUT2D eigenvalue weighted by molar-refractivity contribution is -0.137. The summed E-state index contributed by atoms with van der Waals surface area (Å²) in [6.45, 7) is 7.32. The van der Waals surface area contributed by atoms with Gasteiger partial charge in [0.1, 0.15) is 0 Å². The van der Waals surface area contributed by atoms with E-state index < -0.39 is 11.7 Å². The van der Waals surface area contributed by atoms with Crippen LogP contribution in [-0.4, -0.2) is 13.1 Å². The summed E-state index contributed by atoms with van der Waals surface area (Å²) in [7, 11) is 0. The zero-order chi connectivity index (χ0) is 16.0. The monoisotopic (exact) mass is 365 g/mol. The van der Waals surface area contributed by atoms with Gasteiger partial charge in [-0.05, 0) is 30.5 Å². The minimum absolute atomic E-state index is 0.293. The van der Waals surface area contributed by atoms with Gasteiger partial charge in [0.25, 0.3) is 0 Å². The summed E-state index contributed by atoms with van der Waals surface area (Å²) in [6.07, 6.45) is -2.36. The fourth-order valence-electron chi connectivity index (χ4n) is 2.43. The van der Waals surface area contributed by atoms with Crippen LogP contribution in [0.1, 0.15) is 44.7 Å². The van der Waals surface area contributed by atoms with Crippen molar-refractivity contribution in [2.75, 3.05) is 18.0 Å². The Morgan fingerprint density at radius 3 is 2.19 bits per heavy atom. The number of nitrogens with zero attached hydrogens (tertiary/aromatic N) is 1. The van der Waals surface area contributed by atoms with Gasteiger partial charge in [0.2, 0.25) is 0 Å². The van der Waals surface area contributed by atoms with Crippen LogP contribution in [0.5, 0.6) is 0 Å². The number of rotatable bonds is 7. The van der Waals surface area contributed by atoms with Crippen LogP contribution >= 0.6 is 15.9 Å². The first-order chi connectivity index (χ1) is 9.87. The van der Waals surface area contributed by atoms with E-state index >= 15 is 0 Å². The summed E-state index contributed by atoms with van der Waals surface area (Å²) >= 11 is 3.22. The molecule has 0 radical (unpaired) electrons. The van der Waals surface area contributed by atoms with Gasteiger partial charge in [-0.25, -0.2) is 0 Å². The van der Waals surface area contributed by atoms with Gasteiger partial charge in [-0.3, -0.25) is 0 Å². The SMILES string of the molecule is CCC(CC)CN(CC)c1ccc(CBr)cc1C(F)(F)F. The van der Waals surface area contributed by atoms with Crippen molar-refractivity contribution in [3.8, 4) is 0 Å². The van der Waals surface area contributed by atoms with E-state index in [-0.39, 0.29) is 0 Å². The molecule has 0 saturated heterocycles. The predicted molar refractivity (Wildman–Crippen MR) is 86.0 cm³/mol. The molecule has 120 valence electrons. The summed E-state index contributed by atoms with van der Waals surface area (Å²) in [4.78, 5) is 1.85. The largest absolute Gasteiger partial charge is 0.418 e. The van der Waals surface area contributed by atoms with Crippen molar-refractivity contribution < 1.29 is 13.2 Å². The lowest BCUT2D eigenvalue weighted by Gasteiger charge is -2.30. The molecule has 0 atom stereocenters. The molecule has 0 amide bonds. The zero-order valence-electron chi connectivity index (χ0n) is 12.8. The third-order valence-corrected chi connectivity index (χ3v) is 4.52. The zero-order valence-corrected chi connectivity index (χ0v) is 14.4. The van der Waals surface area contributed by atoms with E-state index in [1.165, 1.54) is 6.07 Å². The van der Waals surface area contributed by atoms with Crippen LogP contribution in [0.25, 0.3) is 0 Å². The summed E-state index contributed by atoms with van der Waals surface area (Å²) in [5, 5.41) is 0.426. The summed E-state index contributed by atoms with van der Waals surface area (Å²) in [5.41, 5.74) is 0.401. The number of benzene rings is 1. The third kappa shape index (κ3) is 4.90. The Kier molecular flexibility index (Phi) is 7.04. The van der Waals surface area contributed by atoms with Crippen LogP contribution in [0.4, 0.5) is 18.9 Å². The molecule has 21 heavy (non-hydrogen) atoms. The molecule has 0 aliphatic heterocycles. The molecule has 5 heteroatoms. The highest BCUT2D eigenvalue weighted by atomic mass is 79.9. The maximum atomic E-state index is 13.3. The normalized spacial score (nSPS) is 12.0. The highest BCUT2D eigenvalue weighted by Crippen LogP contribution is 2.38. The molecule has 0 spiro atoms. The molecule has 0 saturated carbocycles. The minimum atomic E-state index is -4.32. The molecular weight excluding hydrogens is 343 g/mol. The number of hydrogen-bond donors (Lipinski definition) is 0. The maximum Gasteiger partial charge on any atom is 0.418 e. The van der Waals surface area contributed by atoms with Crippen molar-refractivity contribution in [1.82, 2.24) is 0 Å². The van der Waals surface area contributed by atoms with Gasteiger partial charge in [0.15, 0.2) is 0 Å². The Labute approximate surface area is 133 Å². The van der Waals surface area contributed by atoms with Gasteiger partial charge in [-0.1, -0.05) is 48.7 Å². The van der Waals surface area contributed by atoms with Crippen LogP contribution in [0, 0.1) is 5.92 Å². The molecule has 0 aliphatic carbocycles. The van der Waals surface area contributed by atoms with Gasteiger partial charge in [-0.15, -0.1) is 0 Å². The van der Waals surface area contributed by atoms with E-state index in [4.69, 9.17) is 0 Å². The quantitative estimate of drug-likeness (QED) is 0.546. The maximum absolute atomic E-state index is 13.3. The summed E-state index contributed by atoms with van der Waals surface area (Å²) < 4.78 is 40.0. The molecule has 0 heterocycles. The van der Waals surface area contributed by atoms with E-state index in [1.54, 1.807) is 12.1 Å². The second-order valence-electron chi connectivity index (χ2n) is 5.20. The second-order valence-corrected chi connectivity index (χ2v) is 5.76. The molecule has 0 aliphatic rings. The molecule has 1 aromatic rings. The highest BCUT2D eigenvalue weighted by molar-refractivity contribution is 9.08. The van der Waals surface area contributed by atoms with Crippen LogP contribution < -0.4 is 4.90 Å². The molecule has 1 rings (SSSR count). The number of anilines is 1. The fraction of sp³-hybridized carbons (Fsp3) is 0.625. The average molecular weight is 366 g/mol. The molecular formula is C16H23BrF3N.